The summed E-state index contributed by atoms with van der Waals surface area (Å²) in [5, 5.41) is 13.6. The van der Waals surface area contributed by atoms with Gasteiger partial charge in [-0.1, -0.05) is 12.1 Å². The Kier molecular flexibility index (Phi) is 6.40. The summed E-state index contributed by atoms with van der Waals surface area (Å²) in [7, 11) is 2.26. The summed E-state index contributed by atoms with van der Waals surface area (Å²) in [5.74, 6) is 1.43. The molecule has 5 rings (SSSR count). The highest BCUT2D eigenvalue weighted by Crippen LogP contribution is 2.33. The number of likely N-dealkylation sites (N-methyl/N-ethyl adjacent to an activating group) is 1. The van der Waals surface area contributed by atoms with Crippen molar-refractivity contribution in [3.63, 3.8) is 0 Å². The van der Waals surface area contributed by atoms with Crippen molar-refractivity contribution in [1.82, 2.24) is 13.9 Å². The summed E-state index contributed by atoms with van der Waals surface area (Å²) in [6, 6.07) is 18.9. The second kappa shape index (κ2) is 9.78. The molecule has 178 valence electrons. The lowest BCUT2D eigenvalue weighted by molar-refractivity contribution is 0.311. The first-order valence-corrected chi connectivity index (χ1v) is 12.4. The SMILES string of the molecule is COc1cc(Nc2cc3c(ccn3S(=O)c3ccccc3C#N)cn2)ccc1N1CCN(C)CC1. The van der Waals surface area contributed by atoms with Gasteiger partial charge in [0, 0.05) is 61.8 Å². The van der Waals surface area contributed by atoms with Crippen molar-refractivity contribution in [3.05, 3.63) is 72.6 Å². The highest BCUT2D eigenvalue weighted by molar-refractivity contribution is 7.83. The summed E-state index contributed by atoms with van der Waals surface area (Å²) in [4.78, 5) is 9.66. The highest BCUT2D eigenvalue weighted by atomic mass is 32.2. The second-order valence-electron chi connectivity index (χ2n) is 8.43. The van der Waals surface area contributed by atoms with Crippen LogP contribution in [0.25, 0.3) is 10.9 Å². The third-order valence-corrected chi connectivity index (χ3v) is 7.62. The first-order valence-electron chi connectivity index (χ1n) is 11.3. The van der Waals surface area contributed by atoms with Gasteiger partial charge >= 0.3 is 0 Å². The van der Waals surface area contributed by atoms with Crippen LogP contribution in [0, 0.1) is 11.3 Å². The van der Waals surface area contributed by atoms with E-state index < -0.39 is 11.0 Å². The van der Waals surface area contributed by atoms with Gasteiger partial charge in [0.1, 0.15) is 17.6 Å². The lowest BCUT2D eigenvalue weighted by Gasteiger charge is -2.34. The molecule has 1 fully saturated rings. The van der Waals surface area contributed by atoms with E-state index in [0.29, 0.717) is 16.3 Å². The maximum absolute atomic E-state index is 13.3. The fourth-order valence-corrected chi connectivity index (χ4v) is 5.46. The van der Waals surface area contributed by atoms with Crippen LogP contribution in [-0.4, -0.2) is 58.4 Å². The number of rotatable bonds is 6. The van der Waals surface area contributed by atoms with Gasteiger partial charge in [-0.25, -0.2) is 9.19 Å². The van der Waals surface area contributed by atoms with Crippen LogP contribution in [0.1, 0.15) is 5.56 Å². The molecule has 9 heteroatoms. The number of nitrogens with one attached hydrogen (secondary N) is 1. The predicted molar refractivity (Wildman–Crippen MR) is 139 cm³/mol. The molecule has 1 aliphatic heterocycles. The van der Waals surface area contributed by atoms with Crippen molar-refractivity contribution in [2.24, 2.45) is 0 Å². The molecule has 1 atom stereocenters. The van der Waals surface area contributed by atoms with Crippen molar-refractivity contribution in [3.8, 4) is 11.8 Å². The summed E-state index contributed by atoms with van der Waals surface area (Å²) in [6.07, 6.45) is 3.51. The number of aromatic nitrogens is 2. The first-order chi connectivity index (χ1) is 17.1. The Balaban J connectivity index is 1.42. The monoisotopic (exact) mass is 486 g/mol. The van der Waals surface area contributed by atoms with Crippen LogP contribution in [0.2, 0.25) is 0 Å². The number of piperazine rings is 1. The van der Waals surface area contributed by atoms with Gasteiger partial charge < -0.3 is 19.9 Å². The van der Waals surface area contributed by atoms with Crippen LogP contribution in [0.15, 0.2) is 71.9 Å². The van der Waals surface area contributed by atoms with E-state index in [0.717, 1.165) is 54.2 Å². The first kappa shape index (κ1) is 22.9. The summed E-state index contributed by atoms with van der Waals surface area (Å²) in [5.41, 5.74) is 3.08. The smallest absolute Gasteiger partial charge is 0.158 e. The molecule has 2 aromatic heterocycles. The minimum atomic E-state index is -1.56. The van der Waals surface area contributed by atoms with Crippen molar-refractivity contribution in [2.45, 2.75) is 4.90 Å². The predicted octanol–water partition coefficient (Wildman–Crippen LogP) is 3.98. The lowest BCUT2D eigenvalue weighted by Crippen LogP contribution is -2.44. The van der Waals surface area contributed by atoms with Gasteiger partial charge in [-0.3, -0.25) is 3.97 Å². The van der Waals surface area contributed by atoms with Crippen molar-refractivity contribution in [1.29, 1.82) is 5.26 Å². The molecule has 8 nitrogen and oxygen atoms in total. The quantitative estimate of drug-likeness (QED) is 0.441. The van der Waals surface area contributed by atoms with E-state index in [1.54, 1.807) is 47.7 Å². The normalized spacial score (nSPS) is 15.1. The molecule has 0 aliphatic carbocycles. The number of ether oxygens (including phenoxy) is 1. The zero-order valence-corrected chi connectivity index (χ0v) is 20.5. The third kappa shape index (κ3) is 4.58. The van der Waals surface area contributed by atoms with E-state index in [9.17, 15) is 9.47 Å². The molecule has 1 saturated heterocycles. The molecule has 1 N–H and O–H groups in total. The van der Waals surface area contributed by atoms with Gasteiger partial charge in [0.25, 0.3) is 0 Å². The number of nitriles is 1. The molecule has 4 aromatic rings. The van der Waals surface area contributed by atoms with E-state index in [1.807, 2.05) is 24.3 Å². The molecule has 1 aliphatic rings. The minimum absolute atomic E-state index is 0.396. The standard InChI is InChI=1S/C26H26N6O2S/c1-30-11-13-31(14-12-30)22-8-7-21(15-24(22)34-2)29-26-16-23-20(18-28-26)9-10-32(23)35(33)25-6-4-3-5-19(25)17-27/h3-10,15-16,18H,11-14H2,1-2H3,(H,28,29). The molecular weight excluding hydrogens is 460 g/mol. The van der Waals surface area contributed by atoms with Gasteiger partial charge in [-0.15, -0.1) is 0 Å². The molecular formula is C26H26N6O2S. The molecule has 0 saturated carbocycles. The second-order valence-corrected chi connectivity index (χ2v) is 9.76. The van der Waals surface area contributed by atoms with Gasteiger partial charge in [-0.05, 0) is 37.4 Å². The Labute approximate surface area is 207 Å². The number of hydrogen-bond donors (Lipinski definition) is 1. The fourth-order valence-electron chi connectivity index (χ4n) is 4.24. The maximum atomic E-state index is 13.3. The van der Waals surface area contributed by atoms with Crippen LogP contribution >= 0.6 is 0 Å². The van der Waals surface area contributed by atoms with Gasteiger partial charge in [-0.2, -0.15) is 5.26 Å². The Bertz CT molecular complexity index is 1440. The molecule has 3 heterocycles. The zero-order chi connectivity index (χ0) is 24.4. The summed E-state index contributed by atoms with van der Waals surface area (Å²) >= 11 is 0. The van der Waals surface area contributed by atoms with Crippen LogP contribution in [-0.2, 0) is 11.0 Å². The molecule has 0 bridgehead atoms. The van der Waals surface area contributed by atoms with Crippen molar-refractivity contribution < 1.29 is 8.95 Å². The fraction of sp³-hybridized carbons (Fsp3) is 0.231. The summed E-state index contributed by atoms with van der Waals surface area (Å²) in [6.45, 7) is 3.96. The minimum Gasteiger partial charge on any atom is -0.495 e. The van der Waals surface area contributed by atoms with E-state index >= 15 is 0 Å². The van der Waals surface area contributed by atoms with E-state index in [1.165, 1.54) is 0 Å². The van der Waals surface area contributed by atoms with Crippen molar-refractivity contribution >= 4 is 39.1 Å². The number of hydrogen-bond acceptors (Lipinski definition) is 7. The Morgan fingerprint density at radius 3 is 2.66 bits per heavy atom. The zero-order valence-electron chi connectivity index (χ0n) is 19.6. The van der Waals surface area contributed by atoms with E-state index in [2.05, 4.69) is 39.3 Å². The van der Waals surface area contributed by atoms with E-state index in [-0.39, 0.29) is 0 Å². The van der Waals surface area contributed by atoms with Gasteiger partial charge in [0.2, 0.25) is 0 Å². The summed E-state index contributed by atoms with van der Waals surface area (Å²) < 4.78 is 20.7. The van der Waals surface area contributed by atoms with Crippen LogP contribution in [0.3, 0.4) is 0 Å². The average Bonchev–Trinajstić information content (AvgIpc) is 3.32. The van der Waals surface area contributed by atoms with Crippen molar-refractivity contribution in [2.75, 3.05) is 50.6 Å². The molecule has 0 amide bonds. The Morgan fingerprint density at radius 1 is 1.09 bits per heavy atom. The highest BCUT2D eigenvalue weighted by Gasteiger charge is 2.18. The third-order valence-electron chi connectivity index (χ3n) is 6.21. The molecule has 1 unspecified atom stereocenters. The van der Waals surface area contributed by atoms with Gasteiger partial charge in [0.05, 0.1) is 28.8 Å². The van der Waals surface area contributed by atoms with Gasteiger partial charge in [0.15, 0.2) is 11.0 Å². The average molecular weight is 487 g/mol. The molecule has 2 aromatic carbocycles. The molecule has 35 heavy (non-hydrogen) atoms. The maximum Gasteiger partial charge on any atom is 0.158 e. The topological polar surface area (TPSA) is 86.4 Å². The van der Waals surface area contributed by atoms with Crippen LogP contribution < -0.4 is 15.0 Å². The lowest BCUT2D eigenvalue weighted by atomic mass is 10.2. The number of fused-ring (bicyclic) bond motifs is 1. The number of methoxy groups -OCH3 is 1. The van der Waals surface area contributed by atoms with Crippen LogP contribution in [0.4, 0.5) is 17.2 Å². The number of anilines is 3. The Morgan fingerprint density at radius 2 is 1.89 bits per heavy atom. The van der Waals surface area contributed by atoms with Crippen LogP contribution in [0.5, 0.6) is 5.75 Å². The number of pyridine rings is 1. The molecule has 0 spiro atoms. The number of benzene rings is 2. The van der Waals surface area contributed by atoms with E-state index in [4.69, 9.17) is 4.74 Å². The number of nitrogens with zero attached hydrogens (tertiary/aromatic N) is 5. The Hall–Kier alpha value is -3.87. The molecule has 0 radical (unpaired) electrons. The largest absolute Gasteiger partial charge is 0.495 e.